The Morgan fingerprint density at radius 3 is 2.47 bits per heavy atom. The first kappa shape index (κ1) is 29.6. The predicted octanol–water partition coefficient (Wildman–Crippen LogP) is 3.29. The van der Waals surface area contributed by atoms with Crippen LogP contribution in [0, 0.1) is 39.9 Å². The topological polar surface area (TPSA) is 157 Å². The second-order valence-electron chi connectivity index (χ2n) is 15.5. The van der Waals surface area contributed by atoms with E-state index in [0.29, 0.717) is 18.4 Å². The summed E-state index contributed by atoms with van der Waals surface area (Å²) in [6.07, 6.45) is 2.18. The molecule has 5 heterocycles. The lowest BCUT2D eigenvalue weighted by Crippen LogP contribution is -3.00. The summed E-state index contributed by atoms with van der Waals surface area (Å²) in [5, 5.41) is 13.5. The first-order valence-corrected chi connectivity index (χ1v) is 15.8. The zero-order valence-corrected chi connectivity index (χ0v) is 26.6. The highest BCUT2D eigenvalue weighted by Gasteiger charge is 3.04. The Hall–Kier alpha value is -2.80. The summed E-state index contributed by atoms with van der Waals surface area (Å²) in [4.78, 5) is 54.6. The Labute approximate surface area is 260 Å². The van der Waals surface area contributed by atoms with E-state index in [1.807, 2.05) is 20.8 Å². The smallest absolute Gasteiger partial charge is 0.308 e. The van der Waals surface area contributed by atoms with Crippen LogP contribution in [-0.4, -0.2) is 70.6 Å². The van der Waals surface area contributed by atoms with Gasteiger partial charge in [0.05, 0.1) is 42.8 Å². The second kappa shape index (κ2) is 8.18. The molecule has 0 aromatic carbocycles. The molecule has 6 unspecified atom stereocenters. The van der Waals surface area contributed by atoms with Crippen molar-refractivity contribution in [1.29, 1.82) is 0 Å². The maximum Gasteiger partial charge on any atom is 0.308 e. The maximum atomic E-state index is 14.3. The molecule has 0 amide bonds. The molecule has 9 rings (SSSR count). The molecule has 8 aliphatic rings. The lowest BCUT2D eigenvalue weighted by molar-refractivity contribution is -0.663. The molecule has 3 spiro atoms. The lowest BCUT2D eigenvalue weighted by atomic mass is 9.33. The molecule has 1 aromatic rings. The molecular weight excluding hydrogens is 588 g/mol. The zero-order valence-electron chi connectivity index (χ0n) is 26.6. The summed E-state index contributed by atoms with van der Waals surface area (Å²) >= 11 is 0. The molecule has 5 bridgehead atoms. The number of carbonyl (C=O) groups excluding carboxylic acids is 4. The van der Waals surface area contributed by atoms with Gasteiger partial charge in [0, 0.05) is 29.6 Å². The van der Waals surface area contributed by atoms with Gasteiger partial charge in [-0.05, 0) is 37.2 Å². The lowest BCUT2D eigenvalue weighted by Gasteiger charge is -2.84. The van der Waals surface area contributed by atoms with Gasteiger partial charge in [-0.3, -0.25) is 23.9 Å². The van der Waals surface area contributed by atoms with E-state index < -0.39 is 92.5 Å². The van der Waals surface area contributed by atoms with Gasteiger partial charge in [0.1, 0.15) is 18.0 Å². The Bertz CT molecular complexity index is 1550. The van der Waals surface area contributed by atoms with Crippen molar-refractivity contribution in [3.63, 3.8) is 0 Å². The molecular formula is C33H40O12. The van der Waals surface area contributed by atoms with E-state index in [1.165, 1.54) is 19.6 Å². The third-order valence-corrected chi connectivity index (χ3v) is 13.4. The number of aliphatic hydroxyl groups is 1. The molecule has 4 saturated carbocycles. The number of hydrogen-bond donors (Lipinski definition) is 1. The maximum absolute atomic E-state index is 14.3. The van der Waals surface area contributed by atoms with Crippen LogP contribution in [0.2, 0.25) is 0 Å². The van der Waals surface area contributed by atoms with E-state index in [9.17, 15) is 24.3 Å². The second-order valence-corrected chi connectivity index (χ2v) is 15.5. The molecule has 12 atom stereocenters. The number of Topliss-reactive ketones (excluding diaryl/α,β-unsaturated/α-hetero) is 1. The van der Waals surface area contributed by atoms with Crippen molar-refractivity contribution in [3.8, 4) is 0 Å². The Balaban J connectivity index is 1.42. The molecule has 1 N–H and O–H groups in total. The van der Waals surface area contributed by atoms with Crippen molar-refractivity contribution in [2.45, 2.75) is 108 Å². The van der Waals surface area contributed by atoms with Crippen LogP contribution in [0.3, 0.4) is 0 Å². The highest BCUT2D eigenvalue weighted by Crippen LogP contribution is 2.90. The van der Waals surface area contributed by atoms with E-state index in [-0.39, 0.29) is 25.0 Å². The van der Waals surface area contributed by atoms with Crippen LogP contribution in [0.1, 0.15) is 84.0 Å². The minimum atomic E-state index is -2.22. The first-order chi connectivity index (χ1) is 21.0. The molecule has 4 aliphatic heterocycles. The number of carbonyl (C=O) groups is 4. The molecule has 45 heavy (non-hydrogen) atoms. The van der Waals surface area contributed by atoms with Crippen molar-refractivity contribution in [2.75, 3.05) is 7.11 Å². The predicted molar refractivity (Wildman–Crippen MR) is 149 cm³/mol. The van der Waals surface area contributed by atoms with Crippen LogP contribution >= 0.6 is 0 Å². The first-order valence-electron chi connectivity index (χ1n) is 15.8. The summed E-state index contributed by atoms with van der Waals surface area (Å²) in [6, 6.07) is 1.60. The van der Waals surface area contributed by atoms with Gasteiger partial charge in [0.2, 0.25) is 0 Å². The van der Waals surface area contributed by atoms with Crippen LogP contribution in [0.5, 0.6) is 0 Å². The van der Waals surface area contributed by atoms with Crippen molar-refractivity contribution in [3.05, 3.63) is 24.2 Å². The summed E-state index contributed by atoms with van der Waals surface area (Å²) < 4.78 is 43.3. The number of hydrogen-bond acceptors (Lipinski definition) is 12. The number of rotatable bonds is 6. The summed E-state index contributed by atoms with van der Waals surface area (Å²) in [5.74, 6) is -8.44. The molecule has 244 valence electrons. The normalized spacial score (nSPS) is 52.9. The Morgan fingerprint density at radius 2 is 1.82 bits per heavy atom. The van der Waals surface area contributed by atoms with Crippen LogP contribution < -0.4 is 0 Å². The number of furan rings is 1. The van der Waals surface area contributed by atoms with Gasteiger partial charge in [-0.25, -0.2) is 0 Å². The van der Waals surface area contributed by atoms with Gasteiger partial charge >= 0.3 is 17.9 Å². The molecule has 8 fully saturated rings. The van der Waals surface area contributed by atoms with E-state index in [4.69, 9.17) is 32.8 Å². The molecule has 12 heteroatoms. The van der Waals surface area contributed by atoms with Gasteiger partial charge in [0.15, 0.2) is 11.4 Å². The van der Waals surface area contributed by atoms with E-state index >= 15 is 0 Å². The Kier molecular flexibility index (Phi) is 5.38. The van der Waals surface area contributed by atoms with Crippen LogP contribution in [0.4, 0.5) is 0 Å². The number of ketones is 1. The fourth-order valence-electron chi connectivity index (χ4n) is 11.9. The number of fused-ring (bicyclic) bond motifs is 1. The highest BCUT2D eigenvalue weighted by molar-refractivity contribution is 6.00. The highest BCUT2D eigenvalue weighted by atomic mass is 17.0. The summed E-state index contributed by atoms with van der Waals surface area (Å²) in [6.45, 7) is 10.7. The fourth-order valence-corrected chi connectivity index (χ4v) is 11.9. The van der Waals surface area contributed by atoms with Crippen molar-refractivity contribution in [2.24, 2.45) is 39.9 Å². The van der Waals surface area contributed by atoms with Gasteiger partial charge in [0.25, 0.3) is 11.8 Å². The molecule has 0 radical (unpaired) electrons. The quantitative estimate of drug-likeness (QED) is 0.279. The van der Waals surface area contributed by atoms with Gasteiger partial charge in [-0.15, -0.1) is 0 Å². The van der Waals surface area contributed by atoms with Crippen LogP contribution in [0.25, 0.3) is 0 Å². The van der Waals surface area contributed by atoms with Crippen molar-refractivity contribution < 1.29 is 57.1 Å². The fraction of sp³-hybridized carbons (Fsp3) is 0.758. The van der Waals surface area contributed by atoms with Gasteiger partial charge < -0.3 is 33.2 Å². The third kappa shape index (κ3) is 2.81. The van der Waals surface area contributed by atoms with Gasteiger partial charge in [-0.1, -0.05) is 34.6 Å². The number of ether oxygens (including phenoxy) is 6. The largest absolute Gasteiger partial charge is 0.472 e. The van der Waals surface area contributed by atoms with E-state index in [2.05, 4.69) is 0 Å². The van der Waals surface area contributed by atoms with E-state index in [0.717, 1.165) is 0 Å². The van der Waals surface area contributed by atoms with Crippen molar-refractivity contribution >= 4 is 23.7 Å². The Morgan fingerprint density at radius 1 is 1.09 bits per heavy atom. The summed E-state index contributed by atoms with van der Waals surface area (Å²) in [5.41, 5.74) is -7.81. The monoisotopic (exact) mass is 628 g/mol. The molecule has 1 aromatic heterocycles. The number of methoxy groups -OCH3 is 1. The average molecular weight is 629 g/mol. The van der Waals surface area contributed by atoms with Gasteiger partial charge in [-0.2, -0.15) is 0 Å². The zero-order chi connectivity index (χ0) is 32.4. The average Bonchev–Trinajstić information content (AvgIpc) is 3.62. The minimum Gasteiger partial charge on any atom is -0.472 e. The van der Waals surface area contributed by atoms with E-state index in [1.54, 1.807) is 26.8 Å². The van der Waals surface area contributed by atoms with Crippen LogP contribution in [-0.2, 0) is 42.8 Å². The van der Waals surface area contributed by atoms with Crippen molar-refractivity contribution in [1.82, 2.24) is 0 Å². The third-order valence-electron chi connectivity index (χ3n) is 13.4. The van der Waals surface area contributed by atoms with Crippen LogP contribution in [0.15, 0.2) is 23.0 Å². The molecule has 4 aliphatic carbocycles. The minimum absolute atomic E-state index is 0.0571. The molecule has 12 nitrogen and oxygen atoms in total. The summed E-state index contributed by atoms with van der Waals surface area (Å²) in [7, 11) is 1.32. The standard InChI is InChI=1S/C33H40O12/c1-16(2)24(37)41-25-27(4)15-31-28(5,19(27)13-20(34)39-7)30-10-9-26(3,23(36)17-8-11-40-14-17)18-12-21(35)42-33(22(18)30,32(25,31)38)45-29(6,43-30)44-31/h8,11,14,16,18-19,22,25,38H,9-10,12-13,15H2,1-7H3/t18?,19-,22?,25-,26+,27-,28?,29?,30?,31?,32+,33-/m0/s1. The number of esters is 3. The SMILES string of the molecule is COC(=O)C[C@@H]1C2(C)C34CC[C@@](C)(C(=O)c5ccoc5)C5CC(=O)O[C@]6(OC(C)(O3)OC23C[C@]1(C)[C@H](OC(=O)C(C)C)[C@@]36O)C54. The molecule has 4 saturated heterocycles.